The number of aromatic nitrogens is 2. The number of nitrogens with zero attached hydrogens (tertiary/aromatic N) is 2. The second kappa shape index (κ2) is 6.56. The van der Waals surface area contributed by atoms with E-state index in [9.17, 15) is 5.11 Å². The number of hydrogen-bond donors (Lipinski definition) is 1. The molecule has 0 aliphatic heterocycles. The Labute approximate surface area is 179 Å². The molecule has 6 atom stereocenters. The van der Waals surface area contributed by atoms with Crippen molar-refractivity contribution in [2.45, 2.75) is 71.3 Å². The molecule has 158 valence electrons. The zero-order chi connectivity index (χ0) is 20.5. The highest BCUT2D eigenvalue weighted by Crippen LogP contribution is 2.62. The van der Waals surface area contributed by atoms with E-state index in [2.05, 4.69) is 59.8 Å². The zero-order valence-electron chi connectivity index (χ0n) is 18.3. The van der Waals surface area contributed by atoms with E-state index in [1.807, 2.05) is 6.33 Å². The van der Waals surface area contributed by atoms with Crippen molar-refractivity contribution in [2.75, 3.05) is 0 Å². The number of aliphatic hydroxyl groups excluding tert-OH is 1. The molecule has 2 fully saturated rings. The molecule has 1 heterocycles. The van der Waals surface area contributed by atoms with Crippen LogP contribution >= 0.6 is 0 Å². The number of para-hydroxylation sites is 2. The number of fused-ring (bicyclic) bond motifs is 5. The molecule has 4 aliphatic rings. The highest BCUT2D eigenvalue weighted by Gasteiger charge is 2.52. The predicted octanol–water partition coefficient (Wildman–Crippen LogP) is 6.20. The summed E-state index contributed by atoms with van der Waals surface area (Å²) in [4.78, 5) is 4.69. The van der Waals surface area contributed by atoms with Gasteiger partial charge in [0.2, 0.25) is 0 Å². The second-order valence-electron chi connectivity index (χ2n) is 11.0. The Hall–Kier alpha value is -1.87. The first kappa shape index (κ1) is 18.9. The van der Waals surface area contributed by atoms with Gasteiger partial charge in [-0.25, -0.2) is 4.98 Å². The molecule has 4 aliphatic carbocycles. The fraction of sp³-hybridized carbons (Fsp3) is 0.593. The van der Waals surface area contributed by atoms with Gasteiger partial charge in [0.25, 0.3) is 0 Å². The number of benzene rings is 1. The van der Waals surface area contributed by atoms with Crippen molar-refractivity contribution in [3.05, 3.63) is 48.3 Å². The summed E-state index contributed by atoms with van der Waals surface area (Å²) in [6, 6.07) is 8.54. The normalized spacial score (nSPS) is 40.8. The molecule has 6 unspecified atom stereocenters. The van der Waals surface area contributed by atoms with Crippen molar-refractivity contribution in [2.24, 2.45) is 28.6 Å². The number of allylic oxidation sites excluding steroid dienone is 3. The summed E-state index contributed by atoms with van der Waals surface area (Å²) in [5, 5.41) is 10.3. The van der Waals surface area contributed by atoms with E-state index in [1.165, 1.54) is 43.3 Å². The third kappa shape index (κ3) is 2.57. The fourth-order valence-electron chi connectivity index (χ4n) is 7.74. The maximum Gasteiger partial charge on any atom is 0.100 e. The van der Waals surface area contributed by atoms with Gasteiger partial charge in [0.15, 0.2) is 0 Å². The second-order valence-corrected chi connectivity index (χ2v) is 11.0. The lowest BCUT2D eigenvalue weighted by Crippen LogP contribution is -2.42. The Kier molecular flexibility index (Phi) is 4.13. The molecule has 0 radical (unpaired) electrons. The first-order chi connectivity index (χ1) is 14.5. The van der Waals surface area contributed by atoms with Crippen molar-refractivity contribution in [3.63, 3.8) is 0 Å². The van der Waals surface area contributed by atoms with E-state index in [-0.39, 0.29) is 11.5 Å². The summed E-state index contributed by atoms with van der Waals surface area (Å²) in [6.07, 6.45) is 16.4. The van der Waals surface area contributed by atoms with Gasteiger partial charge in [0.05, 0.1) is 17.1 Å². The van der Waals surface area contributed by atoms with Crippen LogP contribution in [0.1, 0.15) is 65.2 Å². The minimum atomic E-state index is -0.118. The zero-order valence-corrected chi connectivity index (χ0v) is 18.3. The largest absolute Gasteiger partial charge is 0.393 e. The van der Waals surface area contributed by atoms with Crippen LogP contribution in [0.15, 0.2) is 48.3 Å². The highest BCUT2D eigenvalue weighted by molar-refractivity contribution is 5.80. The first-order valence-electron chi connectivity index (χ1n) is 12.0. The molecule has 2 saturated carbocycles. The molecule has 0 amide bonds. The molecule has 6 rings (SSSR count). The van der Waals surface area contributed by atoms with E-state index in [0.29, 0.717) is 5.41 Å². The molecule has 3 heteroatoms. The third-order valence-electron chi connectivity index (χ3n) is 9.60. The van der Waals surface area contributed by atoms with Gasteiger partial charge in [-0.15, -0.1) is 0 Å². The molecule has 1 aromatic carbocycles. The number of aliphatic hydroxyl groups is 1. The van der Waals surface area contributed by atoms with Crippen LogP contribution in [0.3, 0.4) is 0 Å². The standard InChI is InChI=1S/C27H34N2O/c1-26-13-11-21(30)16-20(26)8-7-18-15-19-9-10-25(27(19,2)14-12-22(18)26)29-17-28-23-5-3-4-6-24(23)29/h3-6,8,10,17-19,21-22,30H,7,9,11-16H2,1-2H3. The van der Waals surface area contributed by atoms with Crippen LogP contribution in [-0.2, 0) is 0 Å². The maximum atomic E-state index is 10.3. The van der Waals surface area contributed by atoms with Crippen molar-refractivity contribution in [1.29, 1.82) is 0 Å². The molecular formula is C27H34N2O. The van der Waals surface area contributed by atoms with Crippen LogP contribution < -0.4 is 0 Å². The molecule has 1 N–H and O–H groups in total. The summed E-state index contributed by atoms with van der Waals surface area (Å²) in [7, 11) is 0. The third-order valence-corrected chi connectivity index (χ3v) is 9.60. The molecule has 1 aromatic heterocycles. The van der Waals surface area contributed by atoms with Crippen LogP contribution in [0.4, 0.5) is 0 Å². The SMILES string of the molecule is CC12CCC3C(CC=C4CC(O)CCC43C)CC1CC=C2n1cnc2ccccc21. The lowest BCUT2D eigenvalue weighted by Gasteiger charge is -2.50. The van der Waals surface area contributed by atoms with Gasteiger partial charge in [0, 0.05) is 11.1 Å². The molecule has 0 saturated heterocycles. The van der Waals surface area contributed by atoms with E-state index in [4.69, 9.17) is 0 Å². The fourth-order valence-corrected chi connectivity index (χ4v) is 7.74. The van der Waals surface area contributed by atoms with E-state index in [1.54, 1.807) is 5.57 Å². The predicted molar refractivity (Wildman–Crippen MR) is 122 cm³/mol. The van der Waals surface area contributed by atoms with Gasteiger partial charge in [-0.2, -0.15) is 0 Å². The average molecular weight is 403 g/mol. The summed E-state index contributed by atoms with van der Waals surface area (Å²) in [5.74, 6) is 2.30. The summed E-state index contributed by atoms with van der Waals surface area (Å²) in [5.41, 5.74) is 5.92. The minimum absolute atomic E-state index is 0.118. The van der Waals surface area contributed by atoms with Crippen molar-refractivity contribution in [1.82, 2.24) is 9.55 Å². The molecule has 30 heavy (non-hydrogen) atoms. The lowest BCUT2D eigenvalue weighted by atomic mass is 9.55. The van der Waals surface area contributed by atoms with E-state index >= 15 is 0 Å². The smallest absolute Gasteiger partial charge is 0.100 e. The Morgan fingerprint density at radius 1 is 1.03 bits per heavy atom. The Morgan fingerprint density at radius 2 is 1.87 bits per heavy atom. The number of hydrogen-bond acceptors (Lipinski definition) is 2. The topological polar surface area (TPSA) is 38.0 Å². The molecule has 2 aromatic rings. The van der Waals surface area contributed by atoms with Crippen LogP contribution in [0.5, 0.6) is 0 Å². The van der Waals surface area contributed by atoms with Crippen LogP contribution in [-0.4, -0.2) is 20.8 Å². The molecule has 0 spiro atoms. The summed E-state index contributed by atoms with van der Waals surface area (Å²) in [6.45, 7) is 5.05. The summed E-state index contributed by atoms with van der Waals surface area (Å²) < 4.78 is 2.38. The first-order valence-corrected chi connectivity index (χ1v) is 12.0. The average Bonchev–Trinajstić information content (AvgIpc) is 3.25. The molecular weight excluding hydrogens is 368 g/mol. The highest BCUT2D eigenvalue weighted by atomic mass is 16.3. The van der Waals surface area contributed by atoms with Crippen LogP contribution in [0, 0.1) is 28.6 Å². The number of rotatable bonds is 1. The van der Waals surface area contributed by atoms with Crippen molar-refractivity contribution >= 4 is 16.7 Å². The Bertz CT molecular complexity index is 1050. The van der Waals surface area contributed by atoms with Gasteiger partial charge in [-0.3, -0.25) is 0 Å². The Morgan fingerprint density at radius 3 is 2.77 bits per heavy atom. The van der Waals surface area contributed by atoms with E-state index < -0.39 is 0 Å². The number of imidazole rings is 1. The quantitative estimate of drug-likeness (QED) is 0.577. The summed E-state index contributed by atoms with van der Waals surface area (Å²) >= 11 is 0. The van der Waals surface area contributed by atoms with Crippen LogP contribution in [0.25, 0.3) is 16.7 Å². The monoisotopic (exact) mass is 402 g/mol. The molecule has 0 bridgehead atoms. The molecule has 3 nitrogen and oxygen atoms in total. The van der Waals surface area contributed by atoms with Crippen LogP contribution in [0.2, 0.25) is 0 Å². The van der Waals surface area contributed by atoms with Crippen molar-refractivity contribution in [3.8, 4) is 0 Å². The maximum absolute atomic E-state index is 10.3. The van der Waals surface area contributed by atoms with Gasteiger partial charge in [0.1, 0.15) is 6.33 Å². The lowest BCUT2D eigenvalue weighted by molar-refractivity contribution is 0.0464. The Balaban J connectivity index is 1.34. The van der Waals surface area contributed by atoms with E-state index in [0.717, 1.165) is 42.5 Å². The minimum Gasteiger partial charge on any atom is -0.393 e. The van der Waals surface area contributed by atoms with Gasteiger partial charge < -0.3 is 9.67 Å². The van der Waals surface area contributed by atoms with Crippen molar-refractivity contribution < 1.29 is 5.11 Å². The van der Waals surface area contributed by atoms with Gasteiger partial charge in [-0.1, -0.05) is 43.7 Å². The van der Waals surface area contributed by atoms with Gasteiger partial charge in [-0.05, 0) is 86.7 Å². The van der Waals surface area contributed by atoms with Gasteiger partial charge >= 0.3 is 0 Å².